The first-order chi connectivity index (χ1) is 12.5. The standard InChI is InChI=1S/C21H30N4O/c1-17(18-8-12-24(2)13-9-18)23-20(26)25-14-10-21(16-22,11-15-25)19-6-4-3-5-7-19/h3-7,17-18H,8-15H2,1-2H3,(H,23,26)/t17-/m0/s1. The molecule has 0 aliphatic carbocycles. The topological polar surface area (TPSA) is 59.4 Å². The molecule has 1 N–H and O–H groups in total. The van der Waals surface area contributed by atoms with Crippen LogP contribution in [0.5, 0.6) is 0 Å². The second kappa shape index (κ2) is 8.09. The number of amides is 2. The maximum absolute atomic E-state index is 12.7. The van der Waals surface area contributed by atoms with Gasteiger partial charge in [0.15, 0.2) is 0 Å². The van der Waals surface area contributed by atoms with Crippen LogP contribution in [0.15, 0.2) is 30.3 Å². The van der Waals surface area contributed by atoms with Gasteiger partial charge < -0.3 is 15.1 Å². The number of nitrogens with zero attached hydrogens (tertiary/aromatic N) is 3. The van der Waals surface area contributed by atoms with Crippen LogP contribution in [0.25, 0.3) is 0 Å². The Morgan fingerprint density at radius 2 is 1.81 bits per heavy atom. The smallest absolute Gasteiger partial charge is 0.317 e. The lowest BCUT2D eigenvalue weighted by molar-refractivity contribution is 0.154. The van der Waals surface area contributed by atoms with Gasteiger partial charge in [0, 0.05) is 19.1 Å². The molecule has 0 bridgehead atoms. The van der Waals surface area contributed by atoms with E-state index in [9.17, 15) is 10.1 Å². The van der Waals surface area contributed by atoms with E-state index in [1.165, 1.54) is 0 Å². The lowest BCUT2D eigenvalue weighted by Gasteiger charge is -2.39. The van der Waals surface area contributed by atoms with Gasteiger partial charge >= 0.3 is 6.03 Å². The summed E-state index contributed by atoms with van der Waals surface area (Å²) in [7, 11) is 2.15. The lowest BCUT2D eigenvalue weighted by atomic mass is 9.74. The third kappa shape index (κ3) is 4.02. The number of benzene rings is 1. The number of urea groups is 1. The van der Waals surface area contributed by atoms with Gasteiger partial charge in [-0.1, -0.05) is 30.3 Å². The highest BCUT2D eigenvalue weighted by Crippen LogP contribution is 2.34. The summed E-state index contributed by atoms with van der Waals surface area (Å²) in [6, 6.07) is 12.8. The number of piperidine rings is 2. The quantitative estimate of drug-likeness (QED) is 0.908. The van der Waals surface area contributed by atoms with Gasteiger partial charge in [-0.3, -0.25) is 0 Å². The van der Waals surface area contributed by atoms with E-state index in [0.29, 0.717) is 31.8 Å². The Balaban J connectivity index is 1.54. The predicted molar refractivity (Wildman–Crippen MR) is 103 cm³/mol. The highest BCUT2D eigenvalue weighted by molar-refractivity contribution is 5.74. The zero-order valence-corrected chi connectivity index (χ0v) is 15.9. The molecule has 140 valence electrons. The molecular formula is C21H30N4O. The molecular weight excluding hydrogens is 324 g/mol. The van der Waals surface area contributed by atoms with Gasteiger partial charge in [-0.25, -0.2) is 4.79 Å². The van der Waals surface area contributed by atoms with Crippen molar-refractivity contribution in [2.24, 2.45) is 5.92 Å². The van der Waals surface area contributed by atoms with E-state index >= 15 is 0 Å². The summed E-state index contributed by atoms with van der Waals surface area (Å²) in [4.78, 5) is 16.9. The zero-order chi connectivity index (χ0) is 18.6. The number of nitrogens with one attached hydrogen (secondary N) is 1. The molecule has 1 aromatic rings. The Bertz CT molecular complexity index is 638. The fourth-order valence-electron chi connectivity index (χ4n) is 4.25. The number of carbonyl (C=O) groups is 1. The molecule has 2 aliphatic rings. The molecule has 2 aliphatic heterocycles. The van der Waals surface area contributed by atoms with Crippen LogP contribution in [0.1, 0.15) is 38.2 Å². The van der Waals surface area contributed by atoms with E-state index in [1.54, 1.807) is 0 Å². The van der Waals surface area contributed by atoms with E-state index in [1.807, 2.05) is 35.2 Å². The molecule has 0 aromatic heterocycles. The third-order valence-corrected chi connectivity index (χ3v) is 6.27. The molecule has 5 nitrogen and oxygen atoms in total. The van der Waals surface area contributed by atoms with Gasteiger partial charge in [0.25, 0.3) is 0 Å². The van der Waals surface area contributed by atoms with Crippen LogP contribution in [0.3, 0.4) is 0 Å². The van der Waals surface area contributed by atoms with E-state index < -0.39 is 5.41 Å². The number of hydrogen-bond acceptors (Lipinski definition) is 3. The average molecular weight is 354 g/mol. The first-order valence-corrected chi connectivity index (χ1v) is 9.75. The number of hydrogen-bond donors (Lipinski definition) is 1. The SMILES string of the molecule is C[C@H](NC(=O)N1CCC(C#N)(c2ccccc2)CC1)C1CCN(C)CC1. The molecule has 3 rings (SSSR count). The normalized spacial score (nSPS) is 22.4. The summed E-state index contributed by atoms with van der Waals surface area (Å²) in [5.74, 6) is 0.558. The largest absolute Gasteiger partial charge is 0.335 e. The summed E-state index contributed by atoms with van der Waals surface area (Å²) >= 11 is 0. The summed E-state index contributed by atoms with van der Waals surface area (Å²) in [6.07, 6.45) is 3.68. The molecule has 0 saturated carbocycles. The minimum Gasteiger partial charge on any atom is -0.335 e. The number of rotatable bonds is 3. The fraction of sp³-hybridized carbons (Fsp3) is 0.619. The highest BCUT2D eigenvalue weighted by atomic mass is 16.2. The van der Waals surface area contributed by atoms with Crippen molar-refractivity contribution in [1.29, 1.82) is 5.26 Å². The number of likely N-dealkylation sites (tertiary alicyclic amines) is 2. The average Bonchev–Trinajstić information content (AvgIpc) is 2.69. The van der Waals surface area contributed by atoms with Crippen LogP contribution in [0, 0.1) is 17.2 Å². The van der Waals surface area contributed by atoms with Gasteiger partial charge in [0.1, 0.15) is 0 Å². The van der Waals surface area contributed by atoms with Crippen LogP contribution in [-0.4, -0.2) is 55.1 Å². The molecule has 2 fully saturated rings. The summed E-state index contributed by atoms with van der Waals surface area (Å²) in [6.45, 7) is 5.61. The fourth-order valence-corrected chi connectivity index (χ4v) is 4.25. The molecule has 2 heterocycles. The van der Waals surface area contributed by atoms with E-state index in [4.69, 9.17) is 0 Å². The molecule has 5 heteroatoms. The molecule has 1 aromatic carbocycles. The van der Waals surface area contributed by atoms with Gasteiger partial charge in [0.2, 0.25) is 0 Å². The maximum atomic E-state index is 12.7. The molecule has 0 spiro atoms. The summed E-state index contributed by atoms with van der Waals surface area (Å²) in [5.41, 5.74) is 0.611. The Labute approximate surface area is 157 Å². The van der Waals surface area contributed by atoms with Crippen LogP contribution in [-0.2, 0) is 5.41 Å². The summed E-state index contributed by atoms with van der Waals surface area (Å²) in [5, 5.41) is 13.0. The van der Waals surface area contributed by atoms with Crippen molar-refractivity contribution < 1.29 is 4.79 Å². The highest BCUT2D eigenvalue weighted by Gasteiger charge is 2.38. The second-order valence-corrected chi connectivity index (χ2v) is 7.93. The van der Waals surface area contributed by atoms with Crippen molar-refractivity contribution >= 4 is 6.03 Å². The van der Waals surface area contributed by atoms with Crippen molar-refractivity contribution in [3.63, 3.8) is 0 Å². The lowest BCUT2D eigenvalue weighted by Crippen LogP contribution is -2.52. The van der Waals surface area contributed by atoms with Crippen LogP contribution >= 0.6 is 0 Å². The Morgan fingerprint density at radius 3 is 2.38 bits per heavy atom. The van der Waals surface area contributed by atoms with Gasteiger partial charge in [0.05, 0.1) is 11.5 Å². The van der Waals surface area contributed by atoms with Gasteiger partial charge in [-0.15, -0.1) is 0 Å². The first-order valence-electron chi connectivity index (χ1n) is 9.75. The van der Waals surface area contributed by atoms with E-state index in [2.05, 4.69) is 30.3 Å². The van der Waals surface area contributed by atoms with Gasteiger partial charge in [-0.2, -0.15) is 5.26 Å². The summed E-state index contributed by atoms with van der Waals surface area (Å²) < 4.78 is 0. The molecule has 2 amide bonds. The van der Waals surface area contributed by atoms with E-state index in [0.717, 1.165) is 31.5 Å². The second-order valence-electron chi connectivity index (χ2n) is 7.93. The third-order valence-electron chi connectivity index (χ3n) is 6.27. The Kier molecular flexibility index (Phi) is 5.83. The van der Waals surface area contributed by atoms with Crippen molar-refractivity contribution in [1.82, 2.24) is 15.1 Å². The van der Waals surface area contributed by atoms with Crippen molar-refractivity contribution in [2.75, 3.05) is 33.2 Å². The molecule has 26 heavy (non-hydrogen) atoms. The van der Waals surface area contributed by atoms with Crippen molar-refractivity contribution in [3.05, 3.63) is 35.9 Å². The van der Waals surface area contributed by atoms with Crippen molar-refractivity contribution in [2.45, 2.75) is 44.1 Å². The predicted octanol–water partition coefficient (Wildman–Crippen LogP) is 2.98. The Morgan fingerprint density at radius 1 is 1.19 bits per heavy atom. The Hall–Kier alpha value is -2.06. The van der Waals surface area contributed by atoms with Crippen molar-refractivity contribution in [3.8, 4) is 6.07 Å². The van der Waals surface area contributed by atoms with E-state index in [-0.39, 0.29) is 12.1 Å². The molecule has 1 atom stereocenters. The van der Waals surface area contributed by atoms with Crippen LogP contribution in [0.2, 0.25) is 0 Å². The maximum Gasteiger partial charge on any atom is 0.317 e. The minimum absolute atomic E-state index is 0.0241. The monoisotopic (exact) mass is 354 g/mol. The molecule has 0 unspecified atom stereocenters. The number of nitriles is 1. The number of carbonyl (C=O) groups excluding carboxylic acids is 1. The van der Waals surface area contributed by atoms with Gasteiger partial charge in [-0.05, 0) is 64.2 Å². The van der Waals surface area contributed by atoms with Crippen LogP contribution in [0.4, 0.5) is 4.79 Å². The molecule has 0 radical (unpaired) electrons. The minimum atomic E-state index is -0.461. The molecule has 2 saturated heterocycles. The zero-order valence-electron chi connectivity index (χ0n) is 15.9. The first kappa shape index (κ1) is 18.7. The van der Waals surface area contributed by atoms with Crippen LogP contribution < -0.4 is 5.32 Å².